The van der Waals surface area contributed by atoms with Crippen molar-refractivity contribution in [1.82, 2.24) is 5.32 Å². The van der Waals surface area contributed by atoms with Crippen LogP contribution in [0.25, 0.3) is 0 Å². The third-order valence-corrected chi connectivity index (χ3v) is 0.940. The van der Waals surface area contributed by atoms with Crippen LogP contribution in [-0.2, 0) is 0 Å². The van der Waals surface area contributed by atoms with E-state index in [1.54, 1.807) is 0 Å². The van der Waals surface area contributed by atoms with Crippen molar-refractivity contribution in [3.8, 4) is 0 Å². The van der Waals surface area contributed by atoms with E-state index >= 15 is 0 Å². The molecule has 0 aromatic heterocycles. The Morgan fingerprint density at radius 2 is 2.33 bits per heavy atom. The van der Waals surface area contributed by atoms with Gasteiger partial charge in [-0.1, -0.05) is 6.92 Å². The number of halogens is 1. The number of hydrogen-bond donors (Lipinski definition) is 2. The van der Waals surface area contributed by atoms with Gasteiger partial charge in [0.1, 0.15) is 6.17 Å². The largest absolute Gasteiger partial charge is 0.298 e. The van der Waals surface area contributed by atoms with Crippen LogP contribution in [0.2, 0.25) is 0 Å². The van der Waals surface area contributed by atoms with E-state index in [1.165, 1.54) is 0 Å². The number of rotatable bonds is 3. The van der Waals surface area contributed by atoms with Crippen molar-refractivity contribution in [2.24, 2.45) is 4.99 Å². The van der Waals surface area contributed by atoms with Crippen molar-refractivity contribution in [3.05, 3.63) is 0 Å². The molecule has 1 unspecified atom stereocenters. The van der Waals surface area contributed by atoms with Gasteiger partial charge in [-0.15, -0.1) is 12.4 Å². The average molecular weight is 150 g/mol. The SMILES string of the molecule is CCC(N=C=N)NC.Cl. The Morgan fingerprint density at radius 3 is 2.44 bits per heavy atom. The van der Waals surface area contributed by atoms with Gasteiger partial charge in [0.2, 0.25) is 0 Å². The molecule has 0 radical (unpaired) electrons. The number of nitrogens with one attached hydrogen (secondary N) is 2. The van der Waals surface area contributed by atoms with Crippen molar-refractivity contribution in [2.45, 2.75) is 19.5 Å². The Labute approximate surface area is 61.5 Å². The lowest BCUT2D eigenvalue weighted by atomic mass is 10.4. The maximum absolute atomic E-state index is 6.48. The first-order valence-electron chi connectivity index (χ1n) is 2.64. The molecule has 0 aromatic carbocycles. The van der Waals surface area contributed by atoms with E-state index in [4.69, 9.17) is 5.41 Å². The highest BCUT2D eigenvalue weighted by Crippen LogP contribution is 1.87. The third kappa shape index (κ3) is 5.50. The summed E-state index contributed by atoms with van der Waals surface area (Å²) in [6, 6.07) is 1.98. The summed E-state index contributed by atoms with van der Waals surface area (Å²) in [5.74, 6) is 0. The van der Waals surface area contributed by atoms with Crippen LogP contribution in [0.4, 0.5) is 0 Å². The Bertz CT molecular complexity index is 94.4. The smallest absolute Gasteiger partial charge is 0.110 e. The van der Waals surface area contributed by atoms with Crippen LogP contribution in [0.5, 0.6) is 0 Å². The molecule has 54 valence electrons. The molecule has 1 atom stereocenters. The molecule has 0 fully saturated rings. The van der Waals surface area contributed by atoms with Crippen molar-refractivity contribution in [3.63, 3.8) is 0 Å². The molecule has 0 saturated carbocycles. The highest BCUT2D eigenvalue weighted by molar-refractivity contribution is 5.85. The Morgan fingerprint density at radius 1 is 1.78 bits per heavy atom. The fourth-order valence-corrected chi connectivity index (χ4v) is 0.438. The molecule has 0 aliphatic carbocycles. The van der Waals surface area contributed by atoms with Gasteiger partial charge >= 0.3 is 0 Å². The molecule has 0 heterocycles. The summed E-state index contributed by atoms with van der Waals surface area (Å²) in [7, 11) is 1.81. The molecule has 0 rings (SSSR count). The third-order valence-electron chi connectivity index (χ3n) is 0.940. The summed E-state index contributed by atoms with van der Waals surface area (Å²) in [4.78, 5) is 3.67. The van der Waals surface area contributed by atoms with Gasteiger partial charge in [-0.05, 0) is 13.5 Å². The summed E-state index contributed by atoms with van der Waals surface area (Å²) >= 11 is 0. The van der Waals surface area contributed by atoms with Crippen molar-refractivity contribution in [2.75, 3.05) is 7.05 Å². The van der Waals surface area contributed by atoms with Crippen molar-refractivity contribution < 1.29 is 0 Å². The first-order chi connectivity index (χ1) is 3.85. The fourth-order valence-electron chi connectivity index (χ4n) is 0.438. The van der Waals surface area contributed by atoms with Gasteiger partial charge in [0.05, 0.1) is 6.01 Å². The van der Waals surface area contributed by atoms with E-state index in [9.17, 15) is 0 Å². The van der Waals surface area contributed by atoms with E-state index < -0.39 is 0 Å². The normalized spacial score (nSPS) is 10.9. The second-order valence-corrected chi connectivity index (χ2v) is 1.45. The molecule has 0 saturated heterocycles. The molecule has 0 aromatic rings. The van der Waals surface area contributed by atoms with Gasteiger partial charge in [0, 0.05) is 0 Å². The van der Waals surface area contributed by atoms with Crippen LogP contribution in [0.15, 0.2) is 4.99 Å². The number of nitrogens with zero attached hydrogens (tertiary/aromatic N) is 1. The van der Waals surface area contributed by atoms with Crippen LogP contribution in [0.3, 0.4) is 0 Å². The van der Waals surface area contributed by atoms with Crippen molar-refractivity contribution >= 4 is 18.4 Å². The highest BCUT2D eigenvalue weighted by atomic mass is 35.5. The van der Waals surface area contributed by atoms with Crippen LogP contribution in [-0.4, -0.2) is 19.2 Å². The molecular formula is C5H12ClN3. The van der Waals surface area contributed by atoms with Gasteiger partial charge in [-0.25, -0.2) is 10.4 Å². The predicted molar refractivity (Wildman–Crippen MR) is 40.5 cm³/mol. The number of hydrogen-bond acceptors (Lipinski definition) is 3. The maximum atomic E-state index is 6.48. The molecular weight excluding hydrogens is 138 g/mol. The molecule has 2 N–H and O–H groups in total. The molecule has 0 aliphatic heterocycles. The second-order valence-electron chi connectivity index (χ2n) is 1.45. The molecule has 4 heteroatoms. The highest BCUT2D eigenvalue weighted by Gasteiger charge is 1.93. The van der Waals surface area contributed by atoms with E-state index in [0.29, 0.717) is 0 Å². The summed E-state index contributed by atoms with van der Waals surface area (Å²) in [5.41, 5.74) is 0. The zero-order valence-corrected chi connectivity index (χ0v) is 6.46. The Balaban J connectivity index is 0. The lowest BCUT2D eigenvalue weighted by Crippen LogP contribution is -2.20. The summed E-state index contributed by atoms with van der Waals surface area (Å²) in [6.07, 6.45) is 0.982. The van der Waals surface area contributed by atoms with Crippen LogP contribution >= 0.6 is 12.4 Å². The van der Waals surface area contributed by atoms with Crippen LogP contribution in [0.1, 0.15) is 13.3 Å². The van der Waals surface area contributed by atoms with Crippen molar-refractivity contribution in [1.29, 1.82) is 5.41 Å². The van der Waals surface area contributed by atoms with Gasteiger partial charge in [0.15, 0.2) is 0 Å². The summed E-state index contributed by atoms with van der Waals surface area (Å²) in [6.45, 7) is 2.00. The van der Waals surface area contributed by atoms with Gasteiger partial charge in [-0.2, -0.15) is 0 Å². The van der Waals surface area contributed by atoms with Crippen LogP contribution < -0.4 is 5.32 Å². The minimum Gasteiger partial charge on any atom is -0.298 e. The maximum Gasteiger partial charge on any atom is 0.110 e. The molecule has 9 heavy (non-hydrogen) atoms. The number of aliphatic imine (C=N–C) groups is 1. The Kier molecular flexibility index (Phi) is 9.69. The second kappa shape index (κ2) is 7.63. The zero-order chi connectivity index (χ0) is 6.41. The minimum atomic E-state index is 0. The van der Waals surface area contributed by atoms with E-state index in [1.807, 2.05) is 20.0 Å². The molecule has 0 spiro atoms. The van der Waals surface area contributed by atoms with Crippen LogP contribution in [0, 0.1) is 5.41 Å². The van der Waals surface area contributed by atoms with E-state index in [-0.39, 0.29) is 18.6 Å². The lowest BCUT2D eigenvalue weighted by molar-refractivity contribution is 0.572. The molecule has 3 nitrogen and oxygen atoms in total. The van der Waals surface area contributed by atoms with Gasteiger partial charge < -0.3 is 0 Å². The molecule has 0 bridgehead atoms. The lowest BCUT2D eigenvalue weighted by Gasteiger charge is -2.02. The van der Waals surface area contributed by atoms with Gasteiger partial charge in [0.25, 0.3) is 0 Å². The van der Waals surface area contributed by atoms with E-state index in [2.05, 4.69) is 10.3 Å². The summed E-state index contributed by atoms with van der Waals surface area (Å²) in [5, 5.41) is 9.39. The standard InChI is InChI=1S/C5H11N3.ClH/c1-3-5(7-2)8-4-6;/h5-7H,3H2,1-2H3;1H. The Hall–Kier alpha value is -0.370. The van der Waals surface area contributed by atoms with E-state index in [0.717, 1.165) is 6.42 Å². The monoisotopic (exact) mass is 149 g/mol. The minimum absolute atomic E-state index is 0. The zero-order valence-electron chi connectivity index (χ0n) is 5.64. The quantitative estimate of drug-likeness (QED) is 0.581. The predicted octanol–water partition coefficient (Wildman–Crippen LogP) is 1.12. The fraction of sp³-hybridized carbons (Fsp3) is 0.800. The topological polar surface area (TPSA) is 48.2 Å². The summed E-state index contributed by atoms with van der Waals surface area (Å²) < 4.78 is 0. The first kappa shape index (κ1) is 11.4. The van der Waals surface area contributed by atoms with Gasteiger partial charge in [-0.3, -0.25) is 5.32 Å². The molecule has 0 amide bonds. The first-order valence-corrected chi connectivity index (χ1v) is 2.64. The molecule has 0 aliphatic rings. The average Bonchev–Trinajstić information content (AvgIpc) is 1.83.